The highest BCUT2D eigenvalue weighted by atomic mass is 16.4. The van der Waals surface area contributed by atoms with Crippen LogP contribution in [-0.4, -0.2) is 11.1 Å². The summed E-state index contributed by atoms with van der Waals surface area (Å²) in [6, 6.07) is 9.53. The monoisotopic (exact) mass is 232 g/mol. The van der Waals surface area contributed by atoms with Crippen LogP contribution in [0.15, 0.2) is 43.0 Å². The molecule has 0 aliphatic heterocycles. The third kappa shape index (κ3) is 2.96. The largest absolute Gasteiger partial charge is 0.481 e. The lowest BCUT2D eigenvalue weighted by Gasteiger charge is -2.28. The zero-order valence-electron chi connectivity index (χ0n) is 10.4. The Kier molecular flexibility index (Phi) is 4.95. The van der Waals surface area contributed by atoms with Crippen LogP contribution in [0, 0.1) is 0 Å². The van der Waals surface area contributed by atoms with Crippen LogP contribution in [0.5, 0.6) is 0 Å². The molecule has 17 heavy (non-hydrogen) atoms. The molecule has 0 radical (unpaired) electrons. The van der Waals surface area contributed by atoms with Crippen LogP contribution in [0.1, 0.15) is 38.2 Å². The van der Waals surface area contributed by atoms with Gasteiger partial charge in [-0.2, -0.15) is 0 Å². The van der Waals surface area contributed by atoms with Crippen LogP contribution in [-0.2, 0) is 10.2 Å². The van der Waals surface area contributed by atoms with Gasteiger partial charge >= 0.3 is 5.97 Å². The maximum Gasteiger partial charge on any atom is 0.314 e. The third-order valence-corrected chi connectivity index (χ3v) is 3.35. The Labute approximate surface area is 103 Å². The summed E-state index contributed by atoms with van der Waals surface area (Å²) in [5, 5.41) is 9.55. The molecule has 1 atom stereocenters. The number of carbonyl (C=O) groups is 1. The van der Waals surface area contributed by atoms with Crippen LogP contribution in [0.25, 0.3) is 0 Å². The maximum atomic E-state index is 11.6. The number of rotatable bonds is 7. The normalized spacial score (nSPS) is 13.9. The van der Waals surface area contributed by atoms with Gasteiger partial charge in [-0.05, 0) is 31.2 Å². The first-order valence-corrected chi connectivity index (χ1v) is 6.07. The first-order chi connectivity index (χ1) is 8.17. The lowest BCUT2D eigenvalue weighted by atomic mass is 9.74. The summed E-state index contributed by atoms with van der Waals surface area (Å²) in [7, 11) is 0. The van der Waals surface area contributed by atoms with Gasteiger partial charge in [0.1, 0.15) is 0 Å². The van der Waals surface area contributed by atoms with E-state index in [0.29, 0.717) is 12.8 Å². The van der Waals surface area contributed by atoms with Crippen molar-refractivity contribution < 1.29 is 9.90 Å². The molecule has 0 saturated heterocycles. The number of unbranched alkanes of at least 4 members (excludes halogenated alkanes) is 1. The van der Waals surface area contributed by atoms with Crippen LogP contribution in [0.2, 0.25) is 0 Å². The van der Waals surface area contributed by atoms with Crippen molar-refractivity contribution in [1.29, 1.82) is 0 Å². The van der Waals surface area contributed by atoms with E-state index in [0.717, 1.165) is 18.4 Å². The van der Waals surface area contributed by atoms with E-state index in [1.54, 1.807) is 0 Å². The molecule has 0 bridgehead atoms. The topological polar surface area (TPSA) is 37.3 Å². The molecule has 0 amide bonds. The summed E-state index contributed by atoms with van der Waals surface area (Å²) in [5.74, 6) is -0.727. The van der Waals surface area contributed by atoms with Crippen molar-refractivity contribution in [3.8, 4) is 0 Å². The van der Waals surface area contributed by atoms with E-state index in [1.165, 1.54) is 0 Å². The molecule has 0 aliphatic carbocycles. The Balaban J connectivity index is 3.00. The molecule has 0 aliphatic rings. The van der Waals surface area contributed by atoms with Gasteiger partial charge in [0.15, 0.2) is 0 Å². The van der Waals surface area contributed by atoms with Gasteiger partial charge in [0.2, 0.25) is 0 Å². The first-order valence-electron chi connectivity index (χ1n) is 6.07. The third-order valence-electron chi connectivity index (χ3n) is 3.35. The maximum absolute atomic E-state index is 11.6. The van der Waals surface area contributed by atoms with Crippen molar-refractivity contribution in [2.24, 2.45) is 0 Å². The minimum atomic E-state index is -0.746. The number of allylic oxidation sites excluding steroid dienone is 1. The van der Waals surface area contributed by atoms with Crippen LogP contribution in [0.3, 0.4) is 0 Å². The fourth-order valence-corrected chi connectivity index (χ4v) is 2.21. The summed E-state index contributed by atoms with van der Waals surface area (Å²) < 4.78 is 0. The van der Waals surface area contributed by atoms with Gasteiger partial charge in [0.25, 0.3) is 0 Å². The number of carboxylic acid groups (broad SMARTS) is 1. The summed E-state index contributed by atoms with van der Waals surface area (Å²) in [5.41, 5.74) is 0.156. The summed E-state index contributed by atoms with van der Waals surface area (Å²) in [6.45, 7) is 5.62. The van der Waals surface area contributed by atoms with Gasteiger partial charge in [-0.3, -0.25) is 4.79 Å². The van der Waals surface area contributed by atoms with Crippen molar-refractivity contribution in [3.05, 3.63) is 48.6 Å². The molecule has 2 heteroatoms. The number of hydrogen-bond donors (Lipinski definition) is 1. The Morgan fingerprint density at radius 2 is 2.06 bits per heavy atom. The van der Waals surface area contributed by atoms with Crippen LogP contribution < -0.4 is 0 Å². The Morgan fingerprint density at radius 3 is 2.53 bits per heavy atom. The fraction of sp³-hybridized carbons (Fsp3) is 0.400. The molecule has 1 rings (SSSR count). The lowest BCUT2D eigenvalue weighted by Crippen LogP contribution is -2.35. The van der Waals surface area contributed by atoms with Gasteiger partial charge in [0, 0.05) is 0 Å². The molecule has 0 fully saturated rings. The first kappa shape index (κ1) is 13.5. The number of hydrogen-bond acceptors (Lipinski definition) is 1. The minimum Gasteiger partial charge on any atom is -0.481 e. The molecule has 1 aromatic carbocycles. The van der Waals surface area contributed by atoms with E-state index in [1.807, 2.05) is 43.3 Å². The predicted octanol–water partition coefficient (Wildman–Crippen LogP) is 3.78. The average Bonchev–Trinajstić information content (AvgIpc) is 2.36. The Morgan fingerprint density at radius 1 is 1.41 bits per heavy atom. The number of benzene rings is 1. The van der Waals surface area contributed by atoms with E-state index >= 15 is 0 Å². The molecule has 1 aromatic rings. The Hall–Kier alpha value is -1.57. The van der Waals surface area contributed by atoms with E-state index in [-0.39, 0.29) is 0 Å². The molecule has 0 spiro atoms. The van der Waals surface area contributed by atoms with E-state index in [9.17, 15) is 9.90 Å². The molecule has 0 heterocycles. The molecule has 92 valence electrons. The molecular formula is C15H20O2. The van der Waals surface area contributed by atoms with Gasteiger partial charge in [-0.25, -0.2) is 0 Å². The zero-order chi connectivity index (χ0) is 12.7. The lowest BCUT2D eigenvalue weighted by molar-refractivity contribution is -0.144. The zero-order valence-corrected chi connectivity index (χ0v) is 10.4. The molecular weight excluding hydrogens is 212 g/mol. The minimum absolute atomic E-state index is 0.615. The molecule has 1 N–H and O–H groups in total. The van der Waals surface area contributed by atoms with Crippen molar-refractivity contribution in [3.63, 3.8) is 0 Å². The number of carboxylic acids is 1. The second kappa shape index (κ2) is 6.24. The van der Waals surface area contributed by atoms with Crippen LogP contribution >= 0.6 is 0 Å². The van der Waals surface area contributed by atoms with Crippen molar-refractivity contribution >= 4 is 5.97 Å². The molecule has 1 unspecified atom stereocenters. The van der Waals surface area contributed by atoms with Crippen molar-refractivity contribution in [1.82, 2.24) is 0 Å². The SMILES string of the molecule is C=CCCCC(CC)(C(=O)O)c1ccccc1. The summed E-state index contributed by atoms with van der Waals surface area (Å²) in [4.78, 5) is 11.6. The fourth-order valence-electron chi connectivity index (χ4n) is 2.21. The predicted molar refractivity (Wildman–Crippen MR) is 70.1 cm³/mol. The molecule has 0 saturated carbocycles. The second-order valence-electron chi connectivity index (χ2n) is 4.29. The van der Waals surface area contributed by atoms with Crippen molar-refractivity contribution in [2.45, 2.75) is 38.0 Å². The molecule has 2 nitrogen and oxygen atoms in total. The average molecular weight is 232 g/mol. The van der Waals surface area contributed by atoms with E-state index in [2.05, 4.69) is 6.58 Å². The van der Waals surface area contributed by atoms with Crippen molar-refractivity contribution in [2.75, 3.05) is 0 Å². The van der Waals surface area contributed by atoms with Crippen LogP contribution in [0.4, 0.5) is 0 Å². The highest BCUT2D eigenvalue weighted by molar-refractivity contribution is 5.81. The number of aliphatic carboxylic acids is 1. The van der Waals surface area contributed by atoms with Gasteiger partial charge in [-0.15, -0.1) is 6.58 Å². The second-order valence-corrected chi connectivity index (χ2v) is 4.29. The van der Waals surface area contributed by atoms with E-state index < -0.39 is 11.4 Å². The highest BCUT2D eigenvalue weighted by Gasteiger charge is 2.37. The van der Waals surface area contributed by atoms with Gasteiger partial charge < -0.3 is 5.11 Å². The quantitative estimate of drug-likeness (QED) is 0.574. The summed E-state index contributed by atoms with van der Waals surface area (Å²) in [6.07, 6.45) is 4.84. The molecule has 0 aromatic heterocycles. The standard InChI is InChI=1S/C15H20O2/c1-3-5-9-12-15(4-2,14(16)17)13-10-7-6-8-11-13/h3,6-8,10-11H,1,4-5,9,12H2,2H3,(H,16,17). The van der Waals surface area contributed by atoms with Gasteiger partial charge in [-0.1, -0.05) is 43.3 Å². The van der Waals surface area contributed by atoms with Gasteiger partial charge in [0.05, 0.1) is 5.41 Å². The van der Waals surface area contributed by atoms with E-state index in [4.69, 9.17) is 0 Å². The Bertz CT molecular complexity index is 370. The summed E-state index contributed by atoms with van der Waals surface area (Å²) >= 11 is 0. The smallest absolute Gasteiger partial charge is 0.314 e. The highest BCUT2D eigenvalue weighted by Crippen LogP contribution is 2.33.